The van der Waals surface area contributed by atoms with Crippen LogP contribution in [0, 0.1) is 0 Å². The molecule has 0 spiro atoms. The monoisotopic (exact) mass is 172 g/mol. The molecule has 0 aromatic carbocycles. The van der Waals surface area contributed by atoms with Gasteiger partial charge in [0.05, 0.1) is 7.11 Å². The van der Waals surface area contributed by atoms with Crippen LogP contribution >= 0.6 is 0 Å². The SMILES string of the molecule is COC(=O)CCCCCC([NH])=O. The van der Waals surface area contributed by atoms with Crippen molar-refractivity contribution in [1.29, 1.82) is 0 Å². The van der Waals surface area contributed by atoms with Gasteiger partial charge in [-0.2, -0.15) is 0 Å². The Hall–Kier alpha value is -1.06. The van der Waals surface area contributed by atoms with E-state index in [1.165, 1.54) is 7.11 Å². The minimum absolute atomic E-state index is 0.216. The summed E-state index contributed by atoms with van der Waals surface area (Å²) in [5, 5.41) is 0. The summed E-state index contributed by atoms with van der Waals surface area (Å²) < 4.78 is 4.43. The molecule has 4 heteroatoms. The molecule has 0 aliphatic carbocycles. The minimum atomic E-state index is -0.534. The number of hydrogen-bond donors (Lipinski definition) is 0. The fraction of sp³-hybridized carbons (Fsp3) is 0.750. The fourth-order valence-corrected chi connectivity index (χ4v) is 0.834. The second-order valence-corrected chi connectivity index (χ2v) is 2.56. The molecule has 0 aliphatic heterocycles. The van der Waals surface area contributed by atoms with E-state index in [4.69, 9.17) is 5.73 Å². The van der Waals surface area contributed by atoms with Crippen LogP contribution in [-0.2, 0) is 14.3 Å². The average Bonchev–Trinajstić information content (AvgIpc) is 2.03. The van der Waals surface area contributed by atoms with Crippen molar-refractivity contribution in [3.63, 3.8) is 0 Å². The van der Waals surface area contributed by atoms with Crippen molar-refractivity contribution in [2.75, 3.05) is 7.11 Å². The Morgan fingerprint density at radius 1 is 1.17 bits per heavy atom. The summed E-state index contributed by atoms with van der Waals surface area (Å²) in [6, 6.07) is 0. The van der Waals surface area contributed by atoms with Gasteiger partial charge in [0.25, 0.3) is 0 Å². The fourth-order valence-electron chi connectivity index (χ4n) is 0.834. The highest BCUT2D eigenvalue weighted by Gasteiger charge is 2.00. The molecule has 0 aliphatic rings. The van der Waals surface area contributed by atoms with Crippen molar-refractivity contribution < 1.29 is 14.3 Å². The molecule has 4 nitrogen and oxygen atoms in total. The zero-order valence-corrected chi connectivity index (χ0v) is 7.26. The molecule has 0 atom stereocenters. The Balaban J connectivity index is 3.11. The van der Waals surface area contributed by atoms with E-state index in [0.29, 0.717) is 19.3 Å². The lowest BCUT2D eigenvalue weighted by Gasteiger charge is -1.97. The molecule has 0 rings (SSSR count). The predicted octanol–water partition coefficient (Wildman–Crippen LogP) is 0.919. The average molecular weight is 172 g/mol. The van der Waals surface area contributed by atoms with Crippen molar-refractivity contribution in [2.45, 2.75) is 32.1 Å². The maximum Gasteiger partial charge on any atom is 0.305 e. The van der Waals surface area contributed by atoms with Crippen molar-refractivity contribution in [1.82, 2.24) is 5.73 Å². The van der Waals surface area contributed by atoms with E-state index in [1.807, 2.05) is 0 Å². The molecular weight excluding hydrogens is 158 g/mol. The maximum atomic E-state index is 10.6. The van der Waals surface area contributed by atoms with Crippen LogP contribution in [0.25, 0.3) is 0 Å². The third-order valence-electron chi connectivity index (χ3n) is 1.51. The second-order valence-electron chi connectivity index (χ2n) is 2.56. The molecule has 69 valence electrons. The lowest BCUT2D eigenvalue weighted by Crippen LogP contribution is -2.00. The molecule has 1 radical (unpaired) electrons. The van der Waals surface area contributed by atoms with Crippen LogP contribution in [0.4, 0.5) is 0 Å². The predicted molar refractivity (Wildman–Crippen MR) is 43.2 cm³/mol. The third kappa shape index (κ3) is 7.05. The van der Waals surface area contributed by atoms with Gasteiger partial charge in [-0.05, 0) is 12.8 Å². The number of rotatable bonds is 6. The van der Waals surface area contributed by atoms with Gasteiger partial charge in [0.1, 0.15) is 0 Å². The Bertz CT molecular complexity index is 156. The summed E-state index contributed by atoms with van der Waals surface area (Å²) in [7, 11) is 1.36. The highest BCUT2D eigenvalue weighted by atomic mass is 16.5. The summed E-state index contributed by atoms with van der Waals surface area (Å²) in [4.78, 5) is 20.8. The van der Waals surface area contributed by atoms with Gasteiger partial charge in [-0.3, -0.25) is 15.3 Å². The van der Waals surface area contributed by atoms with Crippen molar-refractivity contribution in [3.05, 3.63) is 0 Å². The topological polar surface area (TPSA) is 67.2 Å². The smallest absolute Gasteiger partial charge is 0.305 e. The number of ether oxygens (including phenoxy) is 1. The van der Waals surface area contributed by atoms with Crippen LogP contribution in [0.3, 0.4) is 0 Å². The van der Waals surface area contributed by atoms with Gasteiger partial charge in [0.2, 0.25) is 5.91 Å². The van der Waals surface area contributed by atoms with Crippen LogP contribution in [0.15, 0.2) is 0 Å². The first kappa shape index (κ1) is 10.9. The Kier molecular flexibility index (Phi) is 6.05. The number of nitrogens with one attached hydrogen (secondary N) is 1. The first-order chi connectivity index (χ1) is 5.66. The molecule has 0 unspecified atom stereocenters. The Labute approximate surface area is 72.1 Å². The summed E-state index contributed by atoms with van der Waals surface area (Å²) >= 11 is 0. The zero-order valence-electron chi connectivity index (χ0n) is 7.26. The molecule has 0 aromatic heterocycles. The van der Waals surface area contributed by atoms with Gasteiger partial charge >= 0.3 is 5.97 Å². The first-order valence-electron chi connectivity index (χ1n) is 3.98. The van der Waals surface area contributed by atoms with Crippen molar-refractivity contribution in [3.8, 4) is 0 Å². The minimum Gasteiger partial charge on any atom is -0.469 e. The van der Waals surface area contributed by atoms with E-state index in [9.17, 15) is 9.59 Å². The summed E-state index contributed by atoms with van der Waals surface area (Å²) in [5.41, 5.74) is 6.60. The summed E-state index contributed by atoms with van der Waals surface area (Å²) in [6.07, 6.45) is 2.93. The number of esters is 1. The largest absolute Gasteiger partial charge is 0.469 e. The van der Waals surface area contributed by atoms with E-state index in [2.05, 4.69) is 4.74 Å². The number of carbonyl (C=O) groups excluding carboxylic acids is 2. The van der Waals surface area contributed by atoms with Gasteiger partial charge in [-0.1, -0.05) is 6.42 Å². The quantitative estimate of drug-likeness (QED) is 0.442. The molecule has 0 fully saturated rings. The first-order valence-corrected chi connectivity index (χ1v) is 3.98. The van der Waals surface area contributed by atoms with E-state index >= 15 is 0 Å². The van der Waals surface area contributed by atoms with Gasteiger partial charge in [0, 0.05) is 12.8 Å². The van der Waals surface area contributed by atoms with Crippen LogP contribution in [-0.4, -0.2) is 19.0 Å². The van der Waals surface area contributed by atoms with Gasteiger partial charge in [0.15, 0.2) is 0 Å². The number of carbonyl (C=O) groups is 2. The van der Waals surface area contributed by atoms with Gasteiger partial charge in [-0.25, -0.2) is 0 Å². The van der Waals surface area contributed by atoms with Crippen LogP contribution in [0.1, 0.15) is 32.1 Å². The molecule has 1 N–H and O–H groups in total. The molecule has 1 amide bonds. The van der Waals surface area contributed by atoms with Crippen molar-refractivity contribution in [2.24, 2.45) is 0 Å². The number of unbranched alkanes of at least 4 members (excludes halogenated alkanes) is 2. The van der Waals surface area contributed by atoms with E-state index in [1.54, 1.807) is 0 Å². The molecule has 0 heterocycles. The number of hydrogen-bond acceptors (Lipinski definition) is 3. The number of methoxy groups -OCH3 is 1. The standard InChI is InChI=1S/C8H14NO3/c1-12-8(11)6-4-2-3-5-7(9)10/h9H,2-6H2,1H3. The Morgan fingerprint density at radius 3 is 2.25 bits per heavy atom. The highest BCUT2D eigenvalue weighted by molar-refractivity contribution is 5.72. The highest BCUT2D eigenvalue weighted by Crippen LogP contribution is 2.03. The van der Waals surface area contributed by atoms with Crippen LogP contribution in [0.2, 0.25) is 0 Å². The van der Waals surface area contributed by atoms with E-state index in [-0.39, 0.29) is 5.97 Å². The van der Waals surface area contributed by atoms with Crippen LogP contribution in [0.5, 0.6) is 0 Å². The van der Waals surface area contributed by atoms with E-state index in [0.717, 1.165) is 12.8 Å². The molecule has 0 saturated heterocycles. The van der Waals surface area contributed by atoms with Gasteiger partial charge < -0.3 is 4.74 Å². The van der Waals surface area contributed by atoms with Gasteiger partial charge in [-0.15, -0.1) is 0 Å². The van der Waals surface area contributed by atoms with E-state index < -0.39 is 5.91 Å². The summed E-state index contributed by atoms with van der Waals surface area (Å²) in [5.74, 6) is -0.750. The molecule has 0 saturated carbocycles. The molecule has 0 bridgehead atoms. The number of amides is 1. The normalized spacial score (nSPS) is 9.42. The molecule has 12 heavy (non-hydrogen) atoms. The lowest BCUT2D eigenvalue weighted by atomic mass is 10.1. The van der Waals surface area contributed by atoms with Crippen molar-refractivity contribution >= 4 is 11.9 Å². The maximum absolute atomic E-state index is 10.6. The summed E-state index contributed by atoms with van der Waals surface area (Å²) in [6.45, 7) is 0. The third-order valence-corrected chi connectivity index (χ3v) is 1.51. The second kappa shape index (κ2) is 6.64. The molecular formula is C8H14NO3. The Morgan fingerprint density at radius 2 is 1.75 bits per heavy atom. The lowest BCUT2D eigenvalue weighted by molar-refractivity contribution is -0.140. The van der Waals surface area contributed by atoms with Crippen LogP contribution < -0.4 is 5.73 Å². The molecule has 0 aromatic rings. The zero-order chi connectivity index (χ0) is 9.40.